The van der Waals surface area contributed by atoms with Gasteiger partial charge in [0.2, 0.25) is 0 Å². The Hall–Kier alpha value is -1.26. The van der Waals surface area contributed by atoms with Crippen molar-refractivity contribution in [3.05, 3.63) is 0 Å². The normalized spacial score (nSPS) is 12.3. The van der Waals surface area contributed by atoms with E-state index < -0.39 is 11.9 Å². The van der Waals surface area contributed by atoms with Gasteiger partial charge in [-0.3, -0.25) is 4.79 Å². The first-order chi connectivity index (χ1) is 7.88. The van der Waals surface area contributed by atoms with Gasteiger partial charge >= 0.3 is 12.0 Å². The molecule has 17 heavy (non-hydrogen) atoms. The van der Waals surface area contributed by atoms with Crippen LogP contribution in [0.15, 0.2) is 0 Å². The van der Waals surface area contributed by atoms with Crippen LogP contribution >= 0.6 is 0 Å². The van der Waals surface area contributed by atoms with Crippen LogP contribution in [0.4, 0.5) is 4.79 Å². The Balaban J connectivity index is 4.07. The molecule has 0 bridgehead atoms. The highest BCUT2D eigenvalue weighted by Crippen LogP contribution is 2.05. The monoisotopic (exact) mass is 244 g/mol. The van der Waals surface area contributed by atoms with E-state index in [0.717, 1.165) is 6.42 Å². The van der Waals surface area contributed by atoms with Gasteiger partial charge in [-0.15, -0.1) is 0 Å². The SMILES string of the molecule is CCCC(CNC(=O)N(C)CC(C)C)C(=O)O. The van der Waals surface area contributed by atoms with Crippen molar-refractivity contribution in [3.8, 4) is 0 Å². The third-order valence-electron chi connectivity index (χ3n) is 2.47. The molecular formula is C12H24N2O3. The molecule has 0 rings (SSSR count). The van der Waals surface area contributed by atoms with Gasteiger partial charge in [-0.05, 0) is 12.3 Å². The molecule has 0 aliphatic rings. The van der Waals surface area contributed by atoms with Crippen LogP contribution in [-0.4, -0.2) is 42.1 Å². The third-order valence-corrected chi connectivity index (χ3v) is 2.47. The summed E-state index contributed by atoms with van der Waals surface area (Å²) in [6.07, 6.45) is 1.39. The summed E-state index contributed by atoms with van der Waals surface area (Å²) < 4.78 is 0. The molecule has 0 aliphatic heterocycles. The molecule has 100 valence electrons. The highest BCUT2D eigenvalue weighted by Gasteiger charge is 2.18. The molecule has 0 radical (unpaired) electrons. The van der Waals surface area contributed by atoms with Crippen molar-refractivity contribution in [3.63, 3.8) is 0 Å². The Labute approximate surface area is 103 Å². The summed E-state index contributed by atoms with van der Waals surface area (Å²) in [5.41, 5.74) is 0. The highest BCUT2D eigenvalue weighted by atomic mass is 16.4. The van der Waals surface area contributed by atoms with Gasteiger partial charge in [0.15, 0.2) is 0 Å². The number of hydrogen-bond acceptors (Lipinski definition) is 2. The molecule has 0 aromatic carbocycles. The standard InChI is InChI=1S/C12H24N2O3/c1-5-6-10(11(15)16)7-13-12(17)14(4)8-9(2)3/h9-10H,5-8H2,1-4H3,(H,13,17)(H,15,16). The van der Waals surface area contributed by atoms with E-state index in [-0.39, 0.29) is 12.6 Å². The fourth-order valence-corrected chi connectivity index (χ4v) is 1.64. The van der Waals surface area contributed by atoms with Gasteiger partial charge < -0.3 is 15.3 Å². The predicted molar refractivity (Wildman–Crippen MR) is 66.9 cm³/mol. The molecule has 0 fully saturated rings. The first-order valence-electron chi connectivity index (χ1n) is 6.10. The topological polar surface area (TPSA) is 69.6 Å². The molecule has 1 atom stereocenters. The second kappa shape index (κ2) is 7.92. The van der Waals surface area contributed by atoms with Crippen molar-refractivity contribution in [2.45, 2.75) is 33.6 Å². The lowest BCUT2D eigenvalue weighted by atomic mass is 10.0. The quantitative estimate of drug-likeness (QED) is 0.717. The minimum Gasteiger partial charge on any atom is -0.481 e. The molecule has 0 saturated carbocycles. The maximum Gasteiger partial charge on any atom is 0.317 e. The maximum atomic E-state index is 11.6. The first-order valence-corrected chi connectivity index (χ1v) is 6.10. The number of rotatable bonds is 7. The highest BCUT2D eigenvalue weighted by molar-refractivity contribution is 5.75. The van der Waals surface area contributed by atoms with E-state index in [2.05, 4.69) is 5.32 Å². The Bertz CT molecular complexity index is 254. The van der Waals surface area contributed by atoms with Gasteiger partial charge in [-0.2, -0.15) is 0 Å². The van der Waals surface area contributed by atoms with Crippen LogP contribution in [0, 0.1) is 11.8 Å². The number of carbonyl (C=O) groups is 2. The van der Waals surface area contributed by atoms with E-state index in [0.29, 0.717) is 18.9 Å². The molecule has 5 heteroatoms. The van der Waals surface area contributed by atoms with Gasteiger partial charge in [-0.1, -0.05) is 27.2 Å². The average molecular weight is 244 g/mol. The number of carboxylic acid groups (broad SMARTS) is 1. The van der Waals surface area contributed by atoms with E-state index in [1.807, 2.05) is 20.8 Å². The van der Waals surface area contributed by atoms with E-state index in [1.165, 1.54) is 0 Å². The summed E-state index contributed by atoms with van der Waals surface area (Å²) in [7, 11) is 1.71. The van der Waals surface area contributed by atoms with Gasteiger partial charge in [0, 0.05) is 20.1 Å². The second-order valence-electron chi connectivity index (χ2n) is 4.78. The van der Waals surface area contributed by atoms with Gasteiger partial charge in [0.25, 0.3) is 0 Å². The van der Waals surface area contributed by atoms with Crippen LogP contribution < -0.4 is 5.32 Å². The van der Waals surface area contributed by atoms with Gasteiger partial charge in [0.05, 0.1) is 5.92 Å². The molecule has 0 spiro atoms. The van der Waals surface area contributed by atoms with Gasteiger partial charge in [-0.25, -0.2) is 4.79 Å². The lowest BCUT2D eigenvalue weighted by molar-refractivity contribution is -0.141. The van der Waals surface area contributed by atoms with Crippen molar-refractivity contribution in [1.29, 1.82) is 0 Å². The molecule has 2 N–H and O–H groups in total. The fraction of sp³-hybridized carbons (Fsp3) is 0.833. The molecule has 0 aliphatic carbocycles. The smallest absolute Gasteiger partial charge is 0.317 e. The number of hydrogen-bond donors (Lipinski definition) is 2. The van der Waals surface area contributed by atoms with Crippen molar-refractivity contribution in [2.75, 3.05) is 20.1 Å². The Morgan fingerprint density at radius 2 is 1.94 bits per heavy atom. The van der Waals surface area contributed by atoms with Crippen LogP contribution in [0.2, 0.25) is 0 Å². The molecule has 2 amide bonds. The summed E-state index contributed by atoms with van der Waals surface area (Å²) in [5.74, 6) is -0.938. The van der Waals surface area contributed by atoms with Crippen molar-refractivity contribution in [2.24, 2.45) is 11.8 Å². The van der Waals surface area contributed by atoms with Crippen LogP contribution in [0.3, 0.4) is 0 Å². The summed E-state index contributed by atoms with van der Waals surface area (Å²) in [4.78, 5) is 24.1. The average Bonchev–Trinajstić information content (AvgIpc) is 2.22. The van der Waals surface area contributed by atoms with Gasteiger partial charge in [0.1, 0.15) is 0 Å². The minimum atomic E-state index is -0.848. The van der Waals surface area contributed by atoms with E-state index >= 15 is 0 Å². The molecule has 0 heterocycles. The first kappa shape index (κ1) is 15.7. The Kier molecular flexibility index (Phi) is 7.34. The number of amides is 2. The number of carboxylic acids is 1. The van der Waals surface area contributed by atoms with Crippen LogP contribution in [0.5, 0.6) is 0 Å². The molecular weight excluding hydrogens is 220 g/mol. The Morgan fingerprint density at radius 3 is 2.35 bits per heavy atom. The van der Waals surface area contributed by atoms with E-state index in [1.54, 1.807) is 11.9 Å². The maximum absolute atomic E-state index is 11.6. The lowest BCUT2D eigenvalue weighted by Crippen LogP contribution is -2.42. The summed E-state index contributed by atoms with van der Waals surface area (Å²) >= 11 is 0. The third kappa shape index (κ3) is 6.81. The zero-order chi connectivity index (χ0) is 13.4. The zero-order valence-corrected chi connectivity index (χ0v) is 11.2. The number of nitrogens with zero attached hydrogens (tertiary/aromatic N) is 1. The summed E-state index contributed by atoms with van der Waals surface area (Å²) in [6, 6.07) is -0.207. The van der Waals surface area contributed by atoms with Crippen LogP contribution in [-0.2, 0) is 4.79 Å². The molecule has 1 unspecified atom stereocenters. The van der Waals surface area contributed by atoms with E-state index in [9.17, 15) is 9.59 Å². The summed E-state index contributed by atoms with van der Waals surface area (Å²) in [5, 5.41) is 11.6. The number of aliphatic carboxylic acids is 1. The van der Waals surface area contributed by atoms with Crippen molar-refractivity contribution >= 4 is 12.0 Å². The minimum absolute atomic E-state index is 0.199. The van der Waals surface area contributed by atoms with Crippen molar-refractivity contribution < 1.29 is 14.7 Å². The largest absolute Gasteiger partial charge is 0.481 e. The fourth-order valence-electron chi connectivity index (χ4n) is 1.64. The molecule has 0 aromatic heterocycles. The van der Waals surface area contributed by atoms with Crippen LogP contribution in [0.1, 0.15) is 33.6 Å². The molecule has 0 saturated heterocycles. The number of nitrogens with one attached hydrogen (secondary N) is 1. The van der Waals surface area contributed by atoms with Crippen LogP contribution in [0.25, 0.3) is 0 Å². The zero-order valence-electron chi connectivity index (χ0n) is 11.2. The predicted octanol–water partition coefficient (Wildman–Crippen LogP) is 1.78. The summed E-state index contributed by atoms with van der Waals surface area (Å²) in [6.45, 7) is 6.85. The second-order valence-corrected chi connectivity index (χ2v) is 4.78. The van der Waals surface area contributed by atoms with Crippen molar-refractivity contribution in [1.82, 2.24) is 10.2 Å². The molecule has 5 nitrogen and oxygen atoms in total. The molecule has 0 aromatic rings. The Morgan fingerprint density at radius 1 is 1.35 bits per heavy atom. The lowest BCUT2D eigenvalue weighted by Gasteiger charge is -2.21. The number of urea groups is 1. The number of carbonyl (C=O) groups excluding carboxylic acids is 1. The van der Waals surface area contributed by atoms with E-state index in [4.69, 9.17) is 5.11 Å².